The molecule has 2 unspecified atom stereocenters. The van der Waals surface area contributed by atoms with Crippen molar-refractivity contribution >= 4 is 0 Å². The number of rotatable bonds is 4. The highest BCUT2D eigenvalue weighted by Crippen LogP contribution is 2.59. The van der Waals surface area contributed by atoms with Crippen molar-refractivity contribution in [3.8, 4) is 44.5 Å². The Labute approximate surface area is 265 Å². The molecule has 7 aromatic carbocycles. The third kappa shape index (κ3) is 4.06. The van der Waals surface area contributed by atoms with Crippen LogP contribution in [0.5, 0.6) is 0 Å². The SMILES string of the molecule is Cc1cc2c(c3c1-c1ccccc1C3c1cc(-c3ccccc3)cc(-c3ccccc3)c1)C(c1ccccc1)c1ccccc1-2. The van der Waals surface area contributed by atoms with E-state index in [9.17, 15) is 0 Å². The van der Waals surface area contributed by atoms with E-state index in [1.807, 2.05) is 0 Å². The highest BCUT2D eigenvalue weighted by atomic mass is 14.4. The second-order valence-electron chi connectivity index (χ2n) is 12.5. The minimum Gasteiger partial charge on any atom is -0.0622 e. The van der Waals surface area contributed by atoms with E-state index in [0.717, 1.165) is 0 Å². The average Bonchev–Trinajstić information content (AvgIpc) is 3.63. The van der Waals surface area contributed by atoms with Crippen LogP contribution in [-0.4, -0.2) is 0 Å². The van der Waals surface area contributed by atoms with Crippen LogP contribution in [0.4, 0.5) is 0 Å². The van der Waals surface area contributed by atoms with Gasteiger partial charge in [-0.25, -0.2) is 0 Å². The van der Waals surface area contributed by atoms with E-state index in [-0.39, 0.29) is 11.8 Å². The van der Waals surface area contributed by atoms with Crippen molar-refractivity contribution in [3.05, 3.63) is 203 Å². The Kier molecular flexibility index (Phi) is 5.96. The summed E-state index contributed by atoms with van der Waals surface area (Å²) < 4.78 is 0. The lowest BCUT2D eigenvalue weighted by atomic mass is 9.78. The van der Waals surface area contributed by atoms with Gasteiger partial charge < -0.3 is 0 Å². The molecule has 0 fully saturated rings. The van der Waals surface area contributed by atoms with Gasteiger partial charge in [0.2, 0.25) is 0 Å². The quantitative estimate of drug-likeness (QED) is 0.197. The van der Waals surface area contributed by atoms with Gasteiger partial charge in [0.15, 0.2) is 0 Å². The van der Waals surface area contributed by atoms with Crippen molar-refractivity contribution < 1.29 is 0 Å². The smallest absolute Gasteiger partial charge is 0.0356 e. The minimum absolute atomic E-state index is 0.122. The van der Waals surface area contributed by atoms with Gasteiger partial charge in [0.25, 0.3) is 0 Å². The van der Waals surface area contributed by atoms with Crippen LogP contribution in [-0.2, 0) is 0 Å². The van der Waals surface area contributed by atoms with Crippen LogP contribution in [0.2, 0.25) is 0 Å². The Balaban J connectivity index is 1.37. The first-order valence-electron chi connectivity index (χ1n) is 15.9. The summed E-state index contributed by atoms with van der Waals surface area (Å²) in [5.74, 6) is 0.311. The first kappa shape index (κ1) is 26.0. The summed E-state index contributed by atoms with van der Waals surface area (Å²) in [5.41, 5.74) is 20.3. The predicted octanol–water partition coefficient (Wildman–Crippen LogP) is 11.7. The van der Waals surface area contributed by atoms with Crippen LogP contribution in [0.1, 0.15) is 50.8 Å². The molecule has 0 spiro atoms. The zero-order valence-electron chi connectivity index (χ0n) is 25.2. The van der Waals surface area contributed by atoms with Crippen LogP contribution in [0.15, 0.2) is 164 Å². The van der Waals surface area contributed by atoms with Crippen LogP contribution in [0.25, 0.3) is 44.5 Å². The molecule has 0 bridgehead atoms. The van der Waals surface area contributed by atoms with Gasteiger partial charge in [0, 0.05) is 11.8 Å². The maximum atomic E-state index is 2.46. The lowest BCUT2D eigenvalue weighted by Crippen LogP contribution is -2.08. The second kappa shape index (κ2) is 10.3. The molecule has 212 valence electrons. The highest BCUT2D eigenvalue weighted by Gasteiger charge is 2.41. The maximum Gasteiger partial charge on any atom is 0.0356 e. The van der Waals surface area contributed by atoms with Gasteiger partial charge in [-0.1, -0.05) is 158 Å². The molecule has 0 nitrogen and oxygen atoms in total. The lowest BCUT2D eigenvalue weighted by molar-refractivity contribution is 0.937. The lowest BCUT2D eigenvalue weighted by Gasteiger charge is -2.24. The molecule has 0 N–H and O–H groups in total. The number of benzene rings is 7. The maximum absolute atomic E-state index is 2.46. The summed E-state index contributed by atoms with van der Waals surface area (Å²) in [6.07, 6.45) is 0. The zero-order chi connectivity index (χ0) is 29.9. The molecule has 0 heterocycles. The highest BCUT2D eigenvalue weighted by molar-refractivity contribution is 5.93. The normalized spacial score (nSPS) is 15.7. The summed E-state index contributed by atoms with van der Waals surface area (Å²) in [6.45, 7) is 2.31. The molecule has 2 atom stereocenters. The third-order valence-corrected chi connectivity index (χ3v) is 9.92. The minimum atomic E-state index is 0.122. The summed E-state index contributed by atoms with van der Waals surface area (Å²) in [4.78, 5) is 0. The third-order valence-electron chi connectivity index (χ3n) is 9.92. The largest absolute Gasteiger partial charge is 0.0622 e. The van der Waals surface area contributed by atoms with Crippen molar-refractivity contribution in [1.29, 1.82) is 0 Å². The number of hydrogen-bond donors (Lipinski definition) is 0. The second-order valence-corrected chi connectivity index (χ2v) is 12.5. The fraction of sp³-hybridized carbons (Fsp3) is 0.0667. The summed E-state index contributed by atoms with van der Waals surface area (Å²) in [6, 6.07) is 60.7. The van der Waals surface area contributed by atoms with Crippen LogP contribution >= 0.6 is 0 Å². The van der Waals surface area contributed by atoms with Gasteiger partial charge in [-0.3, -0.25) is 0 Å². The molecular weight excluding hydrogens is 540 g/mol. The number of hydrogen-bond acceptors (Lipinski definition) is 0. The van der Waals surface area contributed by atoms with Crippen molar-refractivity contribution in [2.24, 2.45) is 0 Å². The molecule has 0 aliphatic heterocycles. The molecule has 2 aliphatic rings. The van der Waals surface area contributed by atoms with E-state index < -0.39 is 0 Å². The Hall–Kier alpha value is -5.46. The average molecular weight is 573 g/mol. The molecule has 0 amide bonds. The molecule has 2 aliphatic carbocycles. The Morgan fingerprint density at radius 3 is 1.47 bits per heavy atom. The van der Waals surface area contributed by atoms with E-state index >= 15 is 0 Å². The van der Waals surface area contributed by atoms with E-state index in [1.54, 1.807) is 0 Å². The van der Waals surface area contributed by atoms with Crippen molar-refractivity contribution in [3.63, 3.8) is 0 Å². The zero-order valence-corrected chi connectivity index (χ0v) is 25.2. The van der Waals surface area contributed by atoms with Crippen LogP contribution in [0, 0.1) is 6.92 Å². The molecule has 9 rings (SSSR count). The fourth-order valence-electron chi connectivity index (χ4n) is 8.08. The monoisotopic (exact) mass is 572 g/mol. The van der Waals surface area contributed by atoms with Crippen molar-refractivity contribution in [1.82, 2.24) is 0 Å². The van der Waals surface area contributed by atoms with E-state index in [2.05, 4.69) is 171 Å². The topological polar surface area (TPSA) is 0 Å². The predicted molar refractivity (Wildman–Crippen MR) is 188 cm³/mol. The first-order chi connectivity index (χ1) is 22.3. The molecule has 0 aromatic heterocycles. The summed E-state index contributed by atoms with van der Waals surface area (Å²) in [5, 5.41) is 0. The standard InChI is InChI=1S/C45H32/c1-29-25-40-36-21-11-12-22-37(36)42(32-19-9-4-10-20-32)44(40)45-41(29)38-23-13-14-24-39(38)43(45)35-27-33(30-15-5-2-6-16-30)26-34(28-35)31-17-7-3-8-18-31/h2-28,42-43H,1H3. The van der Waals surface area contributed by atoms with Gasteiger partial charge in [0.05, 0.1) is 0 Å². The molecule has 7 aromatic rings. The number of aryl methyl sites for hydroxylation is 1. The van der Waals surface area contributed by atoms with E-state index in [0.29, 0.717) is 0 Å². The molecule has 0 heteroatoms. The first-order valence-corrected chi connectivity index (χ1v) is 15.9. The van der Waals surface area contributed by atoms with Gasteiger partial charge in [0.1, 0.15) is 0 Å². The van der Waals surface area contributed by atoms with Gasteiger partial charge in [-0.05, 0) is 96.4 Å². The van der Waals surface area contributed by atoms with Gasteiger partial charge >= 0.3 is 0 Å². The van der Waals surface area contributed by atoms with Crippen molar-refractivity contribution in [2.45, 2.75) is 18.8 Å². The molecule has 0 radical (unpaired) electrons. The van der Waals surface area contributed by atoms with Crippen LogP contribution < -0.4 is 0 Å². The molecular formula is C45H32. The number of fused-ring (bicyclic) bond motifs is 7. The van der Waals surface area contributed by atoms with Crippen LogP contribution in [0.3, 0.4) is 0 Å². The van der Waals surface area contributed by atoms with Gasteiger partial charge in [-0.15, -0.1) is 0 Å². The molecule has 45 heavy (non-hydrogen) atoms. The molecule has 0 saturated carbocycles. The Morgan fingerprint density at radius 1 is 0.356 bits per heavy atom. The van der Waals surface area contributed by atoms with Crippen molar-refractivity contribution in [2.75, 3.05) is 0 Å². The Bertz CT molecular complexity index is 2150. The van der Waals surface area contributed by atoms with E-state index in [4.69, 9.17) is 0 Å². The Morgan fingerprint density at radius 2 is 0.844 bits per heavy atom. The fourth-order valence-corrected chi connectivity index (χ4v) is 8.08. The summed E-state index contributed by atoms with van der Waals surface area (Å²) >= 11 is 0. The van der Waals surface area contributed by atoms with E-state index in [1.165, 1.54) is 83.5 Å². The summed E-state index contributed by atoms with van der Waals surface area (Å²) in [7, 11) is 0. The molecule has 0 saturated heterocycles. The van der Waals surface area contributed by atoms with Gasteiger partial charge in [-0.2, -0.15) is 0 Å².